The highest BCUT2D eigenvalue weighted by Gasteiger charge is 2.31. The lowest BCUT2D eigenvalue weighted by Gasteiger charge is -2.08. The number of carbonyl (C=O) groups excluding carboxylic acids is 6. The molecule has 0 bridgehead atoms. The van der Waals surface area contributed by atoms with Gasteiger partial charge in [-0.2, -0.15) is 0 Å². The number of rotatable bonds is 8. The van der Waals surface area contributed by atoms with Crippen LogP contribution in [0.1, 0.15) is 73.5 Å². The number of pyridine rings is 1. The minimum atomic E-state index is -0.743. The number of hydrogen-bond acceptors (Lipinski definition) is 11. The second-order valence-corrected chi connectivity index (χ2v) is 10.1. The van der Waals surface area contributed by atoms with Crippen LogP contribution in [0.2, 0.25) is 0 Å². The predicted molar refractivity (Wildman–Crippen MR) is 157 cm³/mol. The van der Waals surface area contributed by atoms with E-state index in [4.69, 9.17) is 9.47 Å². The van der Waals surface area contributed by atoms with Gasteiger partial charge in [-0.05, 0) is 97.1 Å². The van der Waals surface area contributed by atoms with Crippen LogP contribution in [0.15, 0.2) is 103 Å². The van der Waals surface area contributed by atoms with Gasteiger partial charge in [-0.25, -0.2) is 24.2 Å². The number of benzene rings is 4. The Labute approximate surface area is 258 Å². The van der Waals surface area contributed by atoms with Gasteiger partial charge in [0, 0.05) is 11.1 Å². The van der Waals surface area contributed by atoms with Crippen LogP contribution in [0.25, 0.3) is 0 Å². The Morgan fingerprint density at radius 1 is 0.457 bits per heavy atom. The van der Waals surface area contributed by atoms with Gasteiger partial charge < -0.3 is 18.9 Å². The van der Waals surface area contributed by atoms with Crippen molar-refractivity contribution in [1.82, 2.24) is 4.98 Å². The highest BCUT2D eigenvalue weighted by molar-refractivity contribution is 6.15. The monoisotopic (exact) mass is 611 g/mol. The van der Waals surface area contributed by atoms with Crippen molar-refractivity contribution in [1.29, 1.82) is 0 Å². The molecule has 0 fully saturated rings. The molecule has 11 nitrogen and oxygen atoms in total. The minimum Gasteiger partial charge on any atom is -0.457 e. The number of aromatic nitrogens is 1. The lowest BCUT2D eigenvalue weighted by molar-refractivity contribution is 0.0425. The third-order valence-electron chi connectivity index (χ3n) is 7.15. The average molecular weight is 612 g/mol. The third-order valence-corrected chi connectivity index (χ3v) is 7.15. The summed E-state index contributed by atoms with van der Waals surface area (Å²) in [5.41, 5.74) is 1.30. The number of carbonyl (C=O) groups is 6. The van der Waals surface area contributed by atoms with E-state index >= 15 is 0 Å². The van der Waals surface area contributed by atoms with E-state index in [1.165, 1.54) is 48.5 Å². The van der Waals surface area contributed by atoms with Crippen LogP contribution in [0.3, 0.4) is 0 Å². The predicted octanol–water partition coefficient (Wildman–Crippen LogP) is 5.75. The summed E-state index contributed by atoms with van der Waals surface area (Å²) >= 11 is 0. The van der Waals surface area contributed by atoms with E-state index in [0.29, 0.717) is 34.1 Å². The van der Waals surface area contributed by atoms with Crippen molar-refractivity contribution in [3.63, 3.8) is 0 Å². The summed E-state index contributed by atoms with van der Waals surface area (Å²) in [6, 6.07) is 25.8. The molecule has 0 N–H and O–H groups in total. The first-order chi connectivity index (χ1) is 22.2. The van der Waals surface area contributed by atoms with Crippen LogP contribution in [-0.2, 0) is 9.47 Å². The van der Waals surface area contributed by atoms with Crippen molar-refractivity contribution in [2.45, 2.75) is 0 Å². The molecule has 222 valence electrons. The van der Waals surface area contributed by atoms with Crippen molar-refractivity contribution in [2.24, 2.45) is 0 Å². The van der Waals surface area contributed by atoms with Gasteiger partial charge >= 0.3 is 23.9 Å². The summed E-state index contributed by atoms with van der Waals surface area (Å²) in [7, 11) is 0. The summed E-state index contributed by atoms with van der Waals surface area (Å²) in [5, 5.41) is 0. The molecule has 1 aromatic heterocycles. The number of esters is 4. The average Bonchev–Trinajstić information content (AvgIpc) is 3.52. The third kappa shape index (κ3) is 5.18. The molecule has 2 aliphatic rings. The molecule has 2 aliphatic heterocycles. The molecule has 4 aromatic carbocycles. The highest BCUT2D eigenvalue weighted by Crippen LogP contribution is 2.30. The number of hydrogen-bond donors (Lipinski definition) is 0. The summed E-state index contributed by atoms with van der Waals surface area (Å²) in [6.45, 7) is 0. The number of nitrogens with zero attached hydrogens (tertiary/aromatic N) is 1. The molecular weight excluding hydrogens is 594 g/mol. The Bertz CT molecular complexity index is 2000. The van der Waals surface area contributed by atoms with E-state index in [1.807, 2.05) is 0 Å². The molecule has 0 saturated carbocycles. The van der Waals surface area contributed by atoms with Crippen LogP contribution in [0, 0.1) is 0 Å². The van der Waals surface area contributed by atoms with E-state index in [2.05, 4.69) is 14.5 Å². The van der Waals surface area contributed by atoms with Crippen LogP contribution in [0.4, 0.5) is 0 Å². The number of ether oxygens (including phenoxy) is 4. The van der Waals surface area contributed by atoms with Crippen LogP contribution in [-0.4, -0.2) is 40.4 Å². The van der Waals surface area contributed by atoms with E-state index in [9.17, 15) is 28.8 Å². The molecular formula is C35H17NO10. The molecule has 0 saturated heterocycles. The van der Waals surface area contributed by atoms with Gasteiger partial charge in [0.15, 0.2) is 0 Å². The Hall–Kier alpha value is -6.75. The number of fused-ring (bicyclic) bond motifs is 2. The SMILES string of the molecule is O=C(c1ccc(Oc2ccc3c(c2)C(=O)OC3=O)cc1)c1cccc(C(=O)c2ccc(Oc3ccc4c(c3)C(=O)OC4=O)cc2)n1. The van der Waals surface area contributed by atoms with Crippen molar-refractivity contribution >= 4 is 35.4 Å². The quantitative estimate of drug-likeness (QED) is 0.120. The van der Waals surface area contributed by atoms with Gasteiger partial charge in [-0.3, -0.25) is 9.59 Å². The van der Waals surface area contributed by atoms with Crippen molar-refractivity contribution in [3.8, 4) is 23.0 Å². The Morgan fingerprint density at radius 3 is 1.24 bits per heavy atom. The standard InChI is InChI=1S/C35H17NO10/c37-30(18-4-8-20(9-5-18)43-22-12-14-24-26(16-22)34(41)45-32(24)39)28-2-1-3-29(36-28)31(38)19-6-10-21(11-7-19)44-23-13-15-25-27(17-23)35(42)46-33(25)40/h1-17H. The second kappa shape index (κ2) is 11.1. The van der Waals surface area contributed by atoms with Gasteiger partial charge in [-0.15, -0.1) is 0 Å². The van der Waals surface area contributed by atoms with E-state index in [-0.39, 0.29) is 33.6 Å². The van der Waals surface area contributed by atoms with Gasteiger partial charge in [0.2, 0.25) is 11.6 Å². The van der Waals surface area contributed by atoms with E-state index in [0.717, 1.165) is 0 Å². The van der Waals surface area contributed by atoms with Crippen LogP contribution >= 0.6 is 0 Å². The van der Waals surface area contributed by atoms with Gasteiger partial charge in [0.05, 0.1) is 22.3 Å². The summed E-state index contributed by atoms with van der Waals surface area (Å²) in [6.07, 6.45) is 0. The second-order valence-electron chi connectivity index (χ2n) is 10.1. The molecule has 0 amide bonds. The molecule has 0 aliphatic carbocycles. The lowest BCUT2D eigenvalue weighted by atomic mass is 10.0. The number of ketones is 2. The zero-order chi connectivity index (χ0) is 31.9. The first-order valence-electron chi connectivity index (χ1n) is 13.7. The summed E-state index contributed by atoms with van der Waals surface area (Å²) in [4.78, 5) is 77.6. The van der Waals surface area contributed by atoms with Crippen molar-refractivity contribution in [3.05, 3.63) is 148 Å². The molecule has 46 heavy (non-hydrogen) atoms. The van der Waals surface area contributed by atoms with E-state index in [1.54, 1.807) is 54.6 Å². The Morgan fingerprint density at radius 2 is 0.826 bits per heavy atom. The van der Waals surface area contributed by atoms with Gasteiger partial charge in [0.1, 0.15) is 34.4 Å². The molecule has 0 radical (unpaired) electrons. The fourth-order valence-corrected chi connectivity index (χ4v) is 4.86. The smallest absolute Gasteiger partial charge is 0.347 e. The molecule has 0 spiro atoms. The largest absolute Gasteiger partial charge is 0.457 e. The zero-order valence-electron chi connectivity index (χ0n) is 23.3. The summed E-state index contributed by atoms with van der Waals surface area (Å²) < 4.78 is 20.7. The number of cyclic esters (lactones) is 4. The first kappa shape index (κ1) is 28.0. The van der Waals surface area contributed by atoms with Gasteiger partial charge in [-0.1, -0.05) is 6.07 Å². The maximum absolute atomic E-state index is 13.2. The molecule has 7 rings (SSSR count). The highest BCUT2D eigenvalue weighted by atomic mass is 16.6. The van der Waals surface area contributed by atoms with Crippen LogP contribution < -0.4 is 9.47 Å². The minimum absolute atomic E-state index is 0.0647. The van der Waals surface area contributed by atoms with Crippen molar-refractivity contribution in [2.75, 3.05) is 0 Å². The Balaban J connectivity index is 1.02. The van der Waals surface area contributed by atoms with Crippen LogP contribution in [0.5, 0.6) is 23.0 Å². The van der Waals surface area contributed by atoms with E-state index < -0.39 is 35.4 Å². The fourth-order valence-electron chi connectivity index (χ4n) is 4.86. The summed E-state index contributed by atoms with van der Waals surface area (Å²) in [5.74, 6) is -2.35. The first-order valence-corrected chi connectivity index (χ1v) is 13.7. The Kier molecular flexibility index (Phi) is 6.75. The molecule has 5 aromatic rings. The molecule has 0 unspecified atom stereocenters. The topological polar surface area (TPSA) is 152 Å². The maximum atomic E-state index is 13.2. The normalized spacial score (nSPS) is 13.0. The van der Waals surface area contributed by atoms with Crippen molar-refractivity contribution < 1.29 is 47.7 Å². The maximum Gasteiger partial charge on any atom is 0.347 e. The molecule has 0 atom stereocenters. The molecule has 11 heteroatoms. The molecule has 3 heterocycles. The lowest BCUT2D eigenvalue weighted by Crippen LogP contribution is -2.10. The fraction of sp³-hybridized carbons (Fsp3) is 0. The van der Waals surface area contributed by atoms with Gasteiger partial charge in [0.25, 0.3) is 0 Å². The zero-order valence-corrected chi connectivity index (χ0v) is 23.3.